The van der Waals surface area contributed by atoms with Crippen LogP contribution in [0.25, 0.3) is 0 Å². The molecule has 0 aromatic carbocycles. The maximum Gasteiger partial charge on any atom is 0.308 e. The van der Waals surface area contributed by atoms with Crippen molar-refractivity contribution in [3.8, 4) is 0 Å². The molecule has 180 valence electrons. The fourth-order valence-electron chi connectivity index (χ4n) is 3.19. The largest absolute Gasteiger partial charge is 0.481 e. The SMILES string of the molecule is C[C@@](O)(CC(=O)O)CC(=O)OC[C@H]1O[C@@H](O)[C@H](O[C@@H]2OC[C@](O)(CO)[C@H]2O)[C@@H](O)[C@@H]1O. The van der Waals surface area contributed by atoms with Crippen LogP contribution >= 0.6 is 0 Å². The summed E-state index contributed by atoms with van der Waals surface area (Å²) < 4.78 is 20.1. The summed E-state index contributed by atoms with van der Waals surface area (Å²) in [4.78, 5) is 22.5. The molecule has 2 rings (SSSR count). The van der Waals surface area contributed by atoms with Gasteiger partial charge in [-0.15, -0.1) is 0 Å². The molecule has 0 aliphatic carbocycles. The summed E-state index contributed by atoms with van der Waals surface area (Å²) in [5.41, 5.74) is -3.88. The highest BCUT2D eigenvalue weighted by molar-refractivity contribution is 5.73. The minimum absolute atomic E-state index is 0.484. The number of aliphatic hydroxyl groups excluding tert-OH is 5. The molecule has 14 nitrogen and oxygen atoms in total. The highest BCUT2D eigenvalue weighted by Crippen LogP contribution is 2.30. The number of carboxylic acid groups (broad SMARTS) is 1. The molecule has 2 aliphatic heterocycles. The van der Waals surface area contributed by atoms with Gasteiger partial charge < -0.3 is 59.8 Å². The first-order valence-corrected chi connectivity index (χ1v) is 9.37. The normalized spacial score (nSPS) is 40.3. The van der Waals surface area contributed by atoms with Gasteiger partial charge in [-0.2, -0.15) is 0 Å². The van der Waals surface area contributed by atoms with E-state index in [4.69, 9.17) is 29.2 Å². The minimum atomic E-state index is -2.01. The van der Waals surface area contributed by atoms with Gasteiger partial charge in [0.15, 0.2) is 12.6 Å². The molecule has 0 radical (unpaired) electrons. The third kappa shape index (κ3) is 6.29. The number of rotatable bonds is 9. The van der Waals surface area contributed by atoms with Crippen LogP contribution in [0, 0.1) is 0 Å². The van der Waals surface area contributed by atoms with Crippen LogP contribution in [0.15, 0.2) is 0 Å². The van der Waals surface area contributed by atoms with Crippen molar-refractivity contribution >= 4 is 11.9 Å². The van der Waals surface area contributed by atoms with Crippen molar-refractivity contribution in [2.24, 2.45) is 0 Å². The van der Waals surface area contributed by atoms with Gasteiger partial charge in [0, 0.05) is 0 Å². The Morgan fingerprint density at radius 3 is 2.35 bits per heavy atom. The highest BCUT2D eigenvalue weighted by atomic mass is 16.7. The molecule has 0 aromatic heterocycles. The Balaban J connectivity index is 1.90. The van der Waals surface area contributed by atoms with Gasteiger partial charge in [0.05, 0.1) is 31.7 Å². The van der Waals surface area contributed by atoms with Gasteiger partial charge in [-0.05, 0) is 6.92 Å². The van der Waals surface area contributed by atoms with Crippen LogP contribution < -0.4 is 0 Å². The van der Waals surface area contributed by atoms with Crippen molar-refractivity contribution in [2.45, 2.75) is 74.1 Å². The molecule has 14 heteroatoms. The number of hydrogen-bond donors (Lipinski definition) is 8. The number of carboxylic acids is 1. The van der Waals surface area contributed by atoms with E-state index in [1.54, 1.807) is 0 Å². The second-order valence-electron chi connectivity index (χ2n) is 7.96. The number of aliphatic carboxylic acids is 1. The minimum Gasteiger partial charge on any atom is -0.481 e. The number of carbonyl (C=O) groups excluding carboxylic acids is 1. The lowest BCUT2D eigenvalue weighted by Crippen LogP contribution is -2.61. The van der Waals surface area contributed by atoms with E-state index < -0.39 is 98.9 Å². The standard InChI is InChI=1S/C17H28O14/c1-16(26,2-8(19)20)3-9(21)28-4-7-10(22)11(23)12(14(25)30-7)31-15-13(24)17(27,5-18)6-29-15/h7,10-15,18,22-27H,2-6H2,1H3,(H,19,20)/t7-,10-,11+,12-,13+,14-,15+,16-,17-/m1/s1. The summed E-state index contributed by atoms with van der Waals surface area (Å²) in [6.07, 6.45) is -13.0. The number of ether oxygens (including phenoxy) is 4. The Labute approximate surface area is 176 Å². The van der Waals surface area contributed by atoms with Crippen LogP contribution in [0.3, 0.4) is 0 Å². The number of hydrogen-bond acceptors (Lipinski definition) is 13. The quantitative estimate of drug-likeness (QED) is 0.153. The zero-order valence-electron chi connectivity index (χ0n) is 16.6. The first-order chi connectivity index (χ1) is 14.3. The Morgan fingerprint density at radius 2 is 1.81 bits per heavy atom. The molecule has 0 bridgehead atoms. The summed E-state index contributed by atoms with van der Waals surface area (Å²) in [6.45, 7) is -0.838. The van der Waals surface area contributed by atoms with Crippen LogP contribution in [0.2, 0.25) is 0 Å². The van der Waals surface area contributed by atoms with Crippen LogP contribution in [0.4, 0.5) is 0 Å². The van der Waals surface area contributed by atoms with E-state index in [-0.39, 0.29) is 0 Å². The van der Waals surface area contributed by atoms with Crippen LogP contribution in [0.5, 0.6) is 0 Å². The third-order valence-corrected chi connectivity index (χ3v) is 5.00. The predicted octanol–water partition coefficient (Wildman–Crippen LogP) is -4.59. The lowest BCUT2D eigenvalue weighted by Gasteiger charge is -2.41. The molecule has 0 spiro atoms. The molecule has 2 aliphatic rings. The smallest absolute Gasteiger partial charge is 0.308 e. The molecule has 0 amide bonds. The lowest BCUT2D eigenvalue weighted by molar-refractivity contribution is -0.326. The van der Waals surface area contributed by atoms with Gasteiger partial charge in [0.1, 0.15) is 42.7 Å². The monoisotopic (exact) mass is 456 g/mol. The second-order valence-corrected chi connectivity index (χ2v) is 7.96. The van der Waals surface area contributed by atoms with E-state index in [0.717, 1.165) is 6.92 Å². The highest BCUT2D eigenvalue weighted by Gasteiger charge is 2.52. The fourth-order valence-corrected chi connectivity index (χ4v) is 3.19. The molecular weight excluding hydrogens is 428 g/mol. The van der Waals surface area contributed by atoms with Gasteiger partial charge in [-0.25, -0.2) is 0 Å². The van der Waals surface area contributed by atoms with Crippen molar-refractivity contribution in [3.05, 3.63) is 0 Å². The van der Waals surface area contributed by atoms with Crippen LogP contribution in [-0.4, -0.2) is 127 Å². The average Bonchev–Trinajstić information content (AvgIpc) is 2.94. The van der Waals surface area contributed by atoms with Gasteiger partial charge in [-0.1, -0.05) is 0 Å². The zero-order valence-corrected chi connectivity index (χ0v) is 16.6. The fraction of sp³-hybridized carbons (Fsp3) is 0.882. The molecule has 2 fully saturated rings. The summed E-state index contributed by atoms with van der Waals surface area (Å²) in [7, 11) is 0. The van der Waals surface area contributed by atoms with Crippen molar-refractivity contribution in [1.29, 1.82) is 0 Å². The number of esters is 1. The molecular formula is C17H28O14. The van der Waals surface area contributed by atoms with Gasteiger partial charge in [-0.3, -0.25) is 9.59 Å². The summed E-state index contributed by atoms with van der Waals surface area (Å²) >= 11 is 0. The third-order valence-electron chi connectivity index (χ3n) is 5.00. The maximum atomic E-state index is 11.8. The van der Waals surface area contributed by atoms with Crippen molar-refractivity contribution in [1.82, 2.24) is 0 Å². The molecule has 0 saturated carbocycles. The zero-order chi connectivity index (χ0) is 23.6. The van der Waals surface area contributed by atoms with E-state index in [9.17, 15) is 40.2 Å². The molecule has 0 aromatic rings. The van der Waals surface area contributed by atoms with Crippen LogP contribution in [-0.2, 0) is 28.5 Å². The van der Waals surface area contributed by atoms with Gasteiger partial charge in [0.2, 0.25) is 0 Å². The summed E-state index contributed by atoms with van der Waals surface area (Å²) in [5.74, 6) is -2.33. The topological polar surface area (TPSA) is 233 Å². The predicted molar refractivity (Wildman–Crippen MR) is 94.0 cm³/mol. The van der Waals surface area contributed by atoms with Crippen molar-refractivity contribution in [2.75, 3.05) is 19.8 Å². The number of aliphatic hydroxyl groups is 7. The Bertz CT molecular complexity index is 640. The first-order valence-electron chi connectivity index (χ1n) is 9.37. The molecule has 2 saturated heterocycles. The molecule has 0 unspecified atom stereocenters. The molecule has 8 N–H and O–H groups in total. The van der Waals surface area contributed by atoms with E-state index in [2.05, 4.69) is 0 Å². The number of carbonyl (C=O) groups is 2. The molecule has 31 heavy (non-hydrogen) atoms. The Hall–Kier alpha value is -1.46. The lowest BCUT2D eigenvalue weighted by atomic mass is 9.97. The summed E-state index contributed by atoms with van der Waals surface area (Å²) in [6, 6.07) is 0. The average molecular weight is 456 g/mol. The maximum absolute atomic E-state index is 11.8. The van der Waals surface area contributed by atoms with Gasteiger partial charge in [0.25, 0.3) is 0 Å². The van der Waals surface area contributed by atoms with E-state index >= 15 is 0 Å². The van der Waals surface area contributed by atoms with E-state index in [1.807, 2.05) is 0 Å². The Kier molecular flexibility index (Phi) is 8.32. The Morgan fingerprint density at radius 1 is 1.16 bits per heavy atom. The summed E-state index contributed by atoms with van der Waals surface area (Å²) in [5, 5.41) is 78.1. The van der Waals surface area contributed by atoms with Crippen molar-refractivity contribution in [3.63, 3.8) is 0 Å². The molecule has 2 heterocycles. The van der Waals surface area contributed by atoms with E-state index in [1.165, 1.54) is 0 Å². The van der Waals surface area contributed by atoms with Crippen LogP contribution in [0.1, 0.15) is 19.8 Å². The van der Waals surface area contributed by atoms with Crippen molar-refractivity contribution < 1.29 is 69.4 Å². The first kappa shape index (κ1) is 25.8. The molecule has 9 atom stereocenters. The van der Waals surface area contributed by atoms with E-state index in [0.29, 0.717) is 0 Å². The van der Waals surface area contributed by atoms with Gasteiger partial charge >= 0.3 is 11.9 Å². The second kappa shape index (κ2) is 9.99.